The van der Waals surface area contributed by atoms with E-state index in [2.05, 4.69) is 0 Å². The zero-order chi connectivity index (χ0) is 21.5. The standard InChI is InChI=1S/C21H17F2N3O3S/c22-16-3-1-14(2-4-16)12-26-13-15(11-24)21(27)17-9-18(23)20(10-19(17)26)25-5-7-30(28,29)8-6-25/h1-4,9-10,13H,5-8,12H2. The third-order valence-corrected chi connectivity index (χ3v) is 6.83. The Balaban J connectivity index is 1.85. The number of anilines is 1. The lowest BCUT2D eigenvalue weighted by molar-refractivity contribution is 0.582. The molecule has 1 aliphatic heterocycles. The van der Waals surface area contributed by atoms with Crippen LogP contribution >= 0.6 is 0 Å². The number of nitrogens with zero attached hydrogens (tertiary/aromatic N) is 3. The van der Waals surface area contributed by atoms with Gasteiger partial charge in [0.05, 0.1) is 28.1 Å². The second-order valence-corrected chi connectivity index (χ2v) is 9.50. The fourth-order valence-corrected chi connectivity index (χ4v) is 4.79. The summed E-state index contributed by atoms with van der Waals surface area (Å²) < 4.78 is 53.1. The smallest absolute Gasteiger partial charge is 0.207 e. The third kappa shape index (κ3) is 3.78. The van der Waals surface area contributed by atoms with Crippen molar-refractivity contribution in [1.82, 2.24) is 4.57 Å². The van der Waals surface area contributed by atoms with Crippen LogP contribution in [0.2, 0.25) is 0 Å². The van der Waals surface area contributed by atoms with Crippen LogP contribution in [0, 0.1) is 23.0 Å². The van der Waals surface area contributed by atoms with Crippen molar-refractivity contribution in [2.45, 2.75) is 6.54 Å². The van der Waals surface area contributed by atoms with Crippen LogP contribution in [0.25, 0.3) is 10.9 Å². The van der Waals surface area contributed by atoms with Crippen LogP contribution in [0.3, 0.4) is 0 Å². The van der Waals surface area contributed by atoms with Crippen molar-refractivity contribution in [2.24, 2.45) is 0 Å². The van der Waals surface area contributed by atoms with Gasteiger partial charge in [-0.2, -0.15) is 5.26 Å². The van der Waals surface area contributed by atoms with Crippen molar-refractivity contribution in [3.63, 3.8) is 0 Å². The fourth-order valence-electron chi connectivity index (χ4n) is 3.59. The maximum absolute atomic E-state index is 14.9. The molecule has 0 aliphatic carbocycles. The van der Waals surface area contributed by atoms with Gasteiger partial charge in [-0.15, -0.1) is 0 Å². The van der Waals surface area contributed by atoms with Gasteiger partial charge >= 0.3 is 0 Å². The summed E-state index contributed by atoms with van der Waals surface area (Å²) in [6.07, 6.45) is 1.40. The van der Waals surface area contributed by atoms with Gasteiger partial charge in [0.25, 0.3) is 0 Å². The number of hydrogen-bond donors (Lipinski definition) is 0. The SMILES string of the molecule is N#Cc1cn(Cc2ccc(F)cc2)c2cc(N3CCS(=O)(=O)CC3)c(F)cc2c1=O. The molecule has 0 amide bonds. The first-order valence-electron chi connectivity index (χ1n) is 9.24. The zero-order valence-corrected chi connectivity index (χ0v) is 16.6. The summed E-state index contributed by atoms with van der Waals surface area (Å²) in [5, 5.41) is 9.37. The maximum atomic E-state index is 14.9. The molecular formula is C21H17F2N3O3S. The van der Waals surface area contributed by atoms with Crippen LogP contribution in [0.5, 0.6) is 0 Å². The predicted octanol–water partition coefficient (Wildman–Crippen LogP) is 2.43. The number of fused-ring (bicyclic) bond motifs is 1. The molecule has 0 bridgehead atoms. The highest BCUT2D eigenvalue weighted by Gasteiger charge is 2.24. The summed E-state index contributed by atoms with van der Waals surface area (Å²) in [6.45, 7) is 0.553. The van der Waals surface area contributed by atoms with Crippen molar-refractivity contribution in [2.75, 3.05) is 29.5 Å². The van der Waals surface area contributed by atoms with Gasteiger partial charge < -0.3 is 9.47 Å². The normalized spacial score (nSPS) is 15.8. The van der Waals surface area contributed by atoms with E-state index in [9.17, 15) is 27.3 Å². The lowest BCUT2D eigenvalue weighted by atomic mass is 10.1. The van der Waals surface area contributed by atoms with E-state index in [-0.39, 0.29) is 53.6 Å². The Morgan fingerprint density at radius 3 is 2.37 bits per heavy atom. The molecule has 9 heteroatoms. The number of aromatic nitrogens is 1. The summed E-state index contributed by atoms with van der Waals surface area (Å²) in [7, 11) is -3.13. The number of pyridine rings is 1. The van der Waals surface area contributed by atoms with E-state index < -0.39 is 21.1 Å². The molecule has 30 heavy (non-hydrogen) atoms. The largest absolute Gasteiger partial charge is 0.367 e. The van der Waals surface area contributed by atoms with Gasteiger partial charge in [-0.3, -0.25) is 4.79 Å². The summed E-state index contributed by atoms with van der Waals surface area (Å²) >= 11 is 0. The highest BCUT2D eigenvalue weighted by molar-refractivity contribution is 7.91. The molecule has 0 spiro atoms. The molecule has 2 aromatic carbocycles. The van der Waals surface area contributed by atoms with Crippen LogP contribution in [-0.4, -0.2) is 37.6 Å². The van der Waals surface area contributed by atoms with E-state index in [4.69, 9.17) is 0 Å². The Hall–Kier alpha value is -3.25. The predicted molar refractivity (Wildman–Crippen MR) is 109 cm³/mol. The molecule has 0 saturated carbocycles. The fraction of sp³-hybridized carbons (Fsp3) is 0.238. The monoisotopic (exact) mass is 429 g/mol. The lowest BCUT2D eigenvalue weighted by Crippen LogP contribution is -2.40. The molecular weight excluding hydrogens is 412 g/mol. The lowest BCUT2D eigenvalue weighted by Gasteiger charge is -2.29. The highest BCUT2D eigenvalue weighted by Crippen LogP contribution is 2.27. The molecule has 6 nitrogen and oxygen atoms in total. The number of sulfone groups is 1. The van der Waals surface area contributed by atoms with Crippen molar-refractivity contribution in [3.05, 3.63) is 75.6 Å². The minimum absolute atomic E-state index is 0.0574. The van der Waals surface area contributed by atoms with Gasteiger partial charge in [0, 0.05) is 25.8 Å². The summed E-state index contributed by atoms with van der Waals surface area (Å²) in [5.41, 5.74) is 0.651. The van der Waals surface area contributed by atoms with Crippen molar-refractivity contribution in [3.8, 4) is 6.07 Å². The molecule has 0 atom stereocenters. The first-order chi connectivity index (χ1) is 14.3. The quantitative estimate of drug-likeness (QED) is 0.639. The minimum Gasteiger partial charge on any atom is -0.367 e. The molecule has 154 valence electrons. The Morgan fingerprint density at radius 2 is 1.73 bits per heavy atom. The van der Waals surface area contributed by atoms with E-state index in [1.54, 1.807) is 21.6 Å². The summed E-state index contributed by atoms with van der Waals surface area (Å²) in [6, 6.07) is 10.2. The average Bonchev–Trinajstić information content (AvgIpc) is 2.72. The number of nitriles is 1. The molecule has 3 aromatic rings. The Morgan fingerprint density at radius 1 is 1.07 bits per heavy atom. The van der Waals surface area contributed by atoms with Gasteiger partial charge in [0.1, 0.15) is 23.3 Å². The molecule has 0 radical (unpaired) electrons. The van der Waals surface area contributed by atoms with Gasteiger partial charge in [-0.05, 0) is 29.8 Å². The van der Waals surface area contributed by atoms with E-state index >= 15 is 0 Å². The molecule has 1 aliphatic rings. The van der Waals surface area contributed by atoms with Crippen molar-refractivity contribution < 1.29 is 17.2 Å². The van der Waals surface area contributed by atoms with Gasteiger partial charge in [-0.25, -0.2) is 17.2 Å². The van der Waals surface area contributed by atoms with Crippen molar-refractivity contribution >= 4 is 26.4 Å². The maximum Gasteiger partial charge on any atom is 0.207 e. The third-order valence-electron chi connectivity index (χ3n) is 5.22. The molecule has 4 rings (SSSR count). The van der Waals surface area contributed by atoms with Gasteiger partial charge in [-0.1, -0.05) is 12.1 Å². The van der Waals surface area contributed by atoms with Crippen LogP contribution in [-0.2, 0) is 16.4 Å². The Bertz CT molecular complexity index is 1330. The zero-order valence-electron chi connectivity index (χ0n) is 15.8. The van der Waals surface area contributed by atoms with E-state index in [0.717, 1.165) is 11.6 Å². The number of rotatable bonds is 3. The topological polar surface area (TPSA) is 83.2 Å². The van der Waals surface area contributed by atoms with E-state index in [0.29, 0.717) is 5.52 Å². The molecule has 0 unspecified atom stereocenters. The first-order valence-corrected chi connectivity index (χ1v) is 11.1. The summed E-state index contributed by atoms with van der Waals surface area (Å²) in [4.78, 5) is 14.2. The number of hydrogen-bond acceptors (Lipinski definition) is 5. The van der Waals surface area contributed by atoms with Crippen LogP contribution < -0.4 is 10.3 Å². The summed E-state index contributed by atoms with van der Waals surface area (Å²) in [5.74, 6) is -1.17. The first kappa shape index (κ1) is 20.0. The Labute approximate surface area is 171 Å². The number of benzene rings is 2. The molecule has 1 fully saturated rings. The molecule has 1 aromatic heterocycles. The molecule has 0 N–H and O–H groups in total. The number of halogens is 2. The second kappa shape index (κ2) is 7.54. The van der Waals surface area contributed by atoms with Gasteiger partial charge in [0.2, 0.25) is 5.43 Å². The highest BCUT2D eigenvalue weighted by atomic mass is 32.2. The van der Waals surface area contributed by atoms with Gasteiger partial charge in [0.15, 0.2) is 9.84 Å². The molecule has 2 heterocycles. The Kier molecular flexibility index (Phi) is 5.03. The van der Waals surface area contributed by atoms with Crippen LogP contribution in [0.1, 0.15) is 11.1 Å². The van der Waals surface area contributed by atoms with Crippen LogP contribution in [0.15, 0.2) is 47.4 Å². The van der Waals surface area contributed by atoms with E-state index in [1.165, 1.54) is 24.4 Å². The van der Waals surface area contributed by atoms with Crippen LogP contribution in [0.4, 0.5) is 14.5 Å². The minimum atomic E-state index is -3.13. The van der Waals surface area contributed by atoms with Crippen molar-refractivity contribution in [1.29, 1.82) is 5.26 Å². The van der Waals surface area contributed by atoms with E-state index in [1.807, 2.05) is 6.07 Å². The average molecular weight is 429 g/mol. The second-order valence-electron chi connectivity index (χ2n) is 7.20. The molecule has 1 saturated heterocycles.